The number of rotatable bonds is 7. The molecule has 0 unspecified atom stereocenters. The lowest BCUT2D eigenvalue weighted by Gasteiger charge is -2.21. The number of halogens is 5. The van der Waals surface area contributed by atoms with Crippen LogP contribution < -0.4 is 0 Å². The zero-order valence-electron chi connectivity index (χ0n) is 19.3. The molecule has 5 rings (SSSR count). The molecule has 1 saturated carbocycles. The number of pyridine rings is 1. The van der Waals surface area contributed by atoms with Gasteiger partial charge in [0.25, 0.3) is 0 Å². The zero-order valence-corrected chi connectivity index (χ0v) is 21.0. The SMILES string of the molecule is Cc1ncccc1-c1nnc(SCCCN2C[C@@H]3C[C@]3(c3ccc(C(F)(F)F)cc3F)C2)n1C.Cl. The van der Waals surface area contributed by atoms with Gasteiger partial charge in [0.2, 0.25) is 0 Å². The number of aryl methyl sites for hydroxylation is 1. The highest BCUT2D eigenvalue weighted by Gasteiger charge is 2.61. The molecule has 0 radical (unpaired) electrons. The molecule has 0 bridgehead atoms. The summed E-state index contributed by atoms with van der Waals surface area (Å²) in [5, 5.41) is 9.48. The van der Waals surface area contributed by atoms with Crippen molar-refractivity contribution in [3.05, 3.63) is 59.2 Å². The molecule has 1 aliphatic heterocycles. The van der Waals surface area contributed by atoms with Crippen LogP contribution in [0.4, 0.5) is 17.6 Å². The smallest absolute Gasteiger partial charge is 0.305 e. The first-order valence-corrected chi connectivity index (χ1v) is 12.2. The Hall–Kier alpha value is -2.17. The predicted octanol–water partition coefficient (Wildman–Crippen LogP) is 5.52. The van der Waals surface area contributed by atoms with Crippen molar-refractivity contribution >= 4 is 24.2 Å². The first-order chi connectivity index (χ1) is 16.2. The van der Waals surface area contributed by atoms with Crippen molar-refractivity contribution in [2.24, 2.45) is 13.0 Å². The van der Waals surface area contributed by atoms with E-state index in [-0.39, 0.29) is 17.8 Å². The number of alkyl halides is 3. The minimum Gasteiger partial charge on any atom is -0.305 e. The molecule has 2 fully saturated rings. The topological polar surface area (TPSA) is 46.8 Å². The third-order valence-electron chi connectivity index (χ3n) is 6.98. The number of hydrogen-bond acceptors (Lipinski definition) is 5. The van der Waals surface area contributed by atoms with Crippen molar-refractivity contribution in [1.82, 2.24) is 24.6 Å². The molecular formula is C24H26ClF4N5S. The highest BCUT2D eigenvalue weighted by molar-refractivity contribution is 7.99. The quantitative estimate of drug-likeness (QED) is 0.230. The lowest BCUT2D eigenvalue weighted by atomic mass is 9.93. The highest BCUT2D eigenvalue weighted by atomic mass is 35.5. The largest absolute Gasteiger partial charge is 0.416 e. The van der Waals surface area contributed by atoms with E-state index in [9.17, 15) is 17.6 Å². The molecule has 0 amide bonds. The first kappa shape index (κ1) is 25.9. The van der Waals surface area contributed by atoms with Crippen LogP contribution in [-0.4, -0.2) is 50.0 Å². The molecule has 3 aromatic rings. The van der Waals surface area contributed by atoms with Crippen molar-refractivity contribution in [2.45, 2.75) is 36.5 Å². The maximum Gasteiger partial charge on any atom is 0.416 e. The Morgan fingerprint density at radius 2 is 2.00 bits per heavy atom. The van der Waals surface area contributed by atoms with Crippen LogP contribution >= 0.6 is 24.2 Å². The van der Waals surface area contributed by atoms with Crippen molar-refractivity contribution < 1.29 is 17.6 Å². The zero-order chi connectivity index (χ0) is 24.1. The molecule has 2 aromatic heterocycles. The molecule has 1 aromatic carbocycles. The van der Waals surface area contributed by atoms with Gasteiger partial charge in [-0.2, -0.15) is 13.2 Å². The van der Waals surface area contributed by atoms with Crippen LogP contribution in [0.5, 0.6) is 0 Å². The van der Waals surface area contributed by atoms with Gasteiger partial charge in [-0.05, 0) is 62.1 Å². The Balaban J connectivity index is 0.00000289. The molecule has 35 heavy (non-hydrogen) atoms. The third kappa shape index (κ3) is 4.93. The molecule has 0 spiro atoms. The average Bonchev–Trinajstić information content (AvgIpc) is 3.16. The van der Waals surface area contributed by atoms with Crippen LogP contribution in [-0.2, 0) is 18.6 Å². The predicted molar refractivity (Wildman–Crippen MR) is 129 cm³/mol. The molecule has 0 N–H and O–H groups in total. The number of aromatic nitrogens is 4. The Morgan fingerprint density at radius 3 is 2.71 bits per heavy atom. The van der Waals surface area contributed by atoms with Crippen LogP contribution in [0, 0.1) is 18.7 Å². The molecule has 11 heteroatoms. The summed E-state index contributed by atoms with van der Waals surface area (Å²) < 4.78 is 55.2. The number of thioether (sulfide) groups is 1. The van der Waals surface area contributed by atoms with E-state index in [1.165, 1.54) is 6.07 Å². The summed E-state index contributed by atoms with van der Waals surface area (Å²) in [5.74, 6) is 1.22. The number of piperidine rings is 1. The van der Waals surface area contributed by atoms with Gasteiger partial charge in [0.1, 0.15) is 5.82 Å². The Kier molecular flexibility index (Phi) is 7.19. The van der Waals surface area contributed by atoms with E-state index in [4.69, 9.17) is 0 Å². The van der Waals surface area contributed by atoms with Gasteiger partial charge in [-0.25, -0.2) is 4.39 Å². The standard InChI is InChI=1S/C24H25F4N5S.ClH/c1-15-18(5-3-8-29-15)21-30-31-22(32(21)2)34-10-4-9-33-13-17-12-23(17,14-33)19-7-6-16(11-20(19)25)24(26,27)28;/h3,5-8,11,17H,4,9-10,12-14H2,1-2H3;1H/t17-,23-;/m0./s1. The van der Waals surface area contributed by atoms with E-state index >= 15 is 0 Å². The normalized spacial score (nSPS) is 21.6. The summed E-state index contributed by atoms with van der Waals surface area (Å²) in [4.78, 5) is 6.61. The highest BCUT2D eigenvalue weighted by Crippen LogP contribution is 2.59. The maximum atomic E-state index is 14.6. The summed E-state index contributed by atoms with van der Waals surface area (Å²) in [6.07, 6.45) is -1.00. The van der Waals surface area contributed by atoms with E-state index in [0.29, 0.717) is 24.1 Å². The number of likely N-dealkylation sites (tertiary alicyclic amines) is 1. The van der Waals surface area contributed by atoms with Crippen LogP contribution in [0.15, 0.2) is 41.7 Å². The summed E-state index contributed by atoms with van der Waals surface area (Å²) in [6.45, 7) is 4.36. The first-order valence-electron chi connectivity index (χ1n) is 11.2. The van der Waals surface area contributed by atoms with Gasteiger partial charge < -0.3 is 9.47 Å². The summed E-state index contributed by atoms with van der Waals surface area (Å²) in [5.41, 5.74) is 1.03. The van der Waals surface area contributed by atoms with Crippen molar-refractivity contribution in [1.29, 1.82) is 0 Å². The molecule has 2 atom stereocenters. The second-order valence-corrected chi connectivity index (χ2v) is 10.3. The number of hydrogen-bond donors (Lipinski definition) is 0. The average molecular weight is 528 g/mol. The Labute approximate surface area is 211 Å². The lowest BCUT2D eigenvalue weighted by molar-refractivity contribution is -0.137. The van der Waals surface area contributed by atoms with Gasteiger partial charge in [-0.3, -0.25) is 4.98 Å². The fourth-order valence-electron chi connectivity index (χ4n) is 5.12. The van der Waals surface area contributed by atoms with Crippen LogP contribution in [0.1, 0.15) is 29.7 Å². The lowest BCUT2D eigenvalue weighted by Crippen LogP contribution is -2.28. The molecule has 3 heterocycles. The van der Waals surface area contributed by atoms with Gasteiger partial charge >= 0.3 is 6.18 Å². The summed E-state index contributed by atoms with van der Waals surface area (Å²) >= 11 is 1.64. The molecular weight excluding hydrogens is 502 g/mol. The monoisotopic (exact) mass is 527 g/mol. The van der Waals surface area contributed by atoms with Crippen molar-refractivity contribution in [3.8, 4) is 11.4 Å². The minimum atomic E-state index is -4.53. The fourth-order valence-corrected chi connectivity index (χ4v) is 5.95. The molecule has 1 saturated heterocycles. The van der Waals surface area contributed by atoms with Crippen LogP contribution in [0.3, 0.4) is 0 Å². The number of benzene rings is 1. The van der Waals surface area contributed by atoms with Gasteiger partial charge in [0.05, 0.1) is 5.56 Å². The summed E-state index contributed by atoms with van der Waals surface area (Å²) in [7, 11) is 1.94. The van der Waals surface area contributed by atoms with E-state index in [0.717, 1.165) is 60.0 Å². The second-order valence-electron chi connectivity index (χ2n) is 9.19. The van der Waals surface area contributed by atoms with E-state index in [2.05, 4.69) is 20.1 Å². The molecule has 5 nitrogen and oxygen atoms in total. The van der Waals surface area contributed by atoms with Crippen molar-refractivity contribution in [2.75, 3.05) is 25.4 Å². The van der Waals surface area contributed by atoms with E-state index < -0.39 is 17.6 Å². The number of fused-ring (bicyclic) bond motifs is 1. The van der Waals surface area contributed by atoms with Gasteiger partial charge in [0, 0.05) is 48.8 Å². The second kappa shape index (κ2) is 9.71. The van der Waals surface area contributed by atoms with Crippen LogP contribution in [0.25, 0.3) is 11.4 Å². The Morgan fingerprint density at radius 1 is 1.20 bits per heavy atom. The van der Waals surface area contributed by atoms with E-state index in [1.54, 1.807) is 18.0 Å². The maximum absolute atomic E-state index is 14.6. The van der Waals surface area contributed by atoms with Crippen LogP contribution in [0.2, 0.25) is 0 Å². The summed E-state index contributed by atoms with van der Waals surface area (Å²) in [6, 6.07) is 6.85. The Bertz CT molecular complexity index is 1220. The number of nitrogens with zero attached hydrogens (tertiary/aromatic N) is 5. The fraction of sp³-hybridized carbons (Fsp3) is 0.458. The van der Waals surface area contributed by atoms with Gasteiger partial charge in [-0.1, -0.05) is 17.8 Å². The molecule has 188 valence electrons. The third-order valence-corrected chi connectivity index (χ3v) is 8.09. The van der Waals surface area contributed by atoms with Crippen molar-refractivity contribution in [3.63, 3.8) is 0 Å². The van der Waals surface area contributed by atoms with E-state index in [1.807, 2.05) is 30.7 Å². The van der Waals surface area contributed by atoms with Gasteiger partial charge in [0.15, 0.2) is 11.0 Å². The van der Waals surface area contributed by atoms with Gasteiger partial charge in [-0.15, -0.1) is 22.6 Å². The minimum absolute atomic E-state index is 0. The molecule has 2 aliphatic rings. The molecule has 1 aliphatic carbocycles.